The van der Waals surface area contributed by atoms with E-state index in [1.165, 1.54) is 12.3 Å². The van der Waals surface area contributed by atoms with Crippen molar-refractivity contribution >= 4 is 33.2 Å². The van der Waals surface area contributed by atoms with Crippen molar-refractivity contribution in [3.63, 3.8) is 0 Å². The number of halogens is 1. The van der Waals surface area contributed by atoms with E-state index in [4.69, 9.17) is 17.3 Å². The first-order valence-electron chi connectivity index (χ1n) is 5.80. The molecule has 0 spiro atoms. The third kappa shape index (κ3) is 3.57. The van der Waals surface area contributed by atoms with Crippen molar-refractivity contribution in [1.82, 2.24) is 10.3 Å². The summed E-state index contributed by atoms with van der Waals surface area (Å²) in [5.41, 5.74) is 5.76. The van der Waals surface area contributed by atoms with Crippen LogP contribution in [-0.4, -0.2) is 36.9 Å². The first kappa shape index (κ1) is 14.1. The molecule has 0 radical (unpaired) electrons. The minimum atomic E-state index is -2.94. The molecule has 6 nitrogen and oxygen atoms in total. The number of carbonyl (C=O) groups excluding carboxylic acids is 1. The van der Waals surface area contributed by atoms with Gasteiger partial charge in [0.2, 0.25) is 0 Å². The standard InChI is InChI=1S/C11H14ClN3O3S/c12-9-6-14-10(13)5-8(9)11(16)15-7-1-3-19(17,18)4-2-7/h5-7H,1-4H2,(H2,13,14)(H,15,16). The van der Waals surface area contributed by atoms with Gasteiger partial charge in [0.1, 0.15) is 15.7 Å². The number of rotatable bonds is 2. The second-order valence-electron chi connectivity index (χ2n) is 4.49. The van der Waals surface area contributed by atoms with Gasteiger partial charge in [-0.2, -0.15) is 0 Å². The summed E-state index contributed by atoms with van der Waals surface area (Å²) in [6.07, 6.45) is 2.16. The van der Waals surface area contributed by atoms with E-state index < -0.39 is 9.84 Å². The van der Waals surface area contributed by atoms with Crippen LogP contribution in [0.15, 0.2) is 12.3 Å². The largest absolute Gasteiger partial charge is 0.384 e. The molecule has 0 aliphatic carbocycles. The number of anilines is 1. The molecule has 1 aromatic rings. The number of pyridine rings is 1. The van der Waals surface area contributed by atoms with Crippen LogP contribution in [0.5, 0.6) is 0 Å². The predicted octanol–water partition coefficient (Wildman–Crippen LogP) is 0.624. The van der Waals surface area contributed by atoms with Gasteiger partial charge in [0.05, 0.1) is 22.1 Å². The number of aromatic nitrogens is 1. The molecule has 1 aliphatic rings. The van der Waals surface area contributed by atoms with Crippen LogP contribution in [0.3, 0.4) is 0 Å². The van der Waals surface area contributed by atoms with Gasteiger partial charge in [-0.3, -0.25) is 4.79 Å². The summed E-state index contributed by atoms with van der Waals surface area (Å²) >= 11 is 5.88. The molecule has 8 heteroatoms. The molecule has 0 unspecified atom stereocenters. The Morgan fingerprint density at radius 3 is 2.68 bits per heavy atom. The van der Waals surface area contributed by atoms with Crippen LogP contribution in [0.25, 0.3) is 0 Å². The molecule has 0 bridgehead atoms. The van der Waals surface area contributed by atoms with Crippen molar-refractivity contribution in [3.05, 3.63) is 22.8 Å². The number of hydrogen-bond donors (Lipinski definition) is 2. The van der Waals surface area contributed by atoms with Crippen molar-refractivity contribution in [1.29, 1.82) is 0 Å². The Hall–Kier alpha value is -1.34. The van der Waals surface area contributed by atoms with E-state index in [1.54, 1.807) is 0 Å². The zero-order valence-electron chi connectivity index (χ0n) is 10.1. The third-order valence-electron chi connectivity index (χ3n) is 3.01. The highest BCUT2D eigenvalue weighted by Crippen LogP contribution is 2.18. The molecule has 0 aromatic carbocycles. The van der Waals surface area contributed by atoms with E-state index >= 15 is 0 Å². The highest BCUT2D eigenvalue weighted by Gasteiger charge is 2.25. The average molecular weight is 304 g/mol. The average Bonchev–Trinajstić information content (AvgIpc) is 2.35. The van der Waals surface area contributed by atoms with Crippen molar-refractivity contribution in [2.24, 2.45) is 0 Å². The second kappa shape index (κ2) is 5.34. The van der Waals surface area contributed by atoms with Gasteiger partial charge >= 0.3 is 0 Å². The maximum Gasteiger partial charge on any atom is 0.253 e. The van der Waals surface area contributed by atoms with E-state index in [0.717, 1.165) is 0 Å². The summed E-state index contributed by atoms with van der Waals surface area (Å²) in [6.45, 7) is 0. The van der Waals surface area contributed by atoms with Crippen LogP contribution < -0.4 is 11.1 Å². The fourth-order valence-electron chi connectivity index (χ4n) is 1.93. The number of nitrogens with one attached hydrogen (secondary N) is 1. The van der Waals surface area contributed by atoms with E-state index in [0.29, 0.717) is 12.8 Å². The highest BCUT2D eigenvalue weighted by molar-refractivity contribution is 7.91. The Kier molecular flexibility index (Phi) is 3.96. The number of nitrogens with two attached hydrogens (primary N) is 1. The lowest BCUT2D eigenvalue weighted by molar-refractivity contribution is 0.0934. The Morgan fingerprint density at radius 2 is 2.05 bits per heavy atom. The lowest BCUT2D eigenvalue weighted by Gasteiger charge is -2.23. The molecule has 1 fully saturated rings. The van der Waals surface area contributed by atoms with E-state index in [-0.39, 0.29) is 39.9 Å². The molecular weight excluding hydrogens is 290 g/mol. The first-order valence-corrected chi connectivity index (χ1v) is 7.99. The topological polar surface area (TPSA) is 102 Å². The van der Waals surface area contributed by atoms with Crippen LogP contribution in [0.2, 0.25) is 5.02 Å². The number of sulfone groups is 1. The summed E-state index contributed by atoms with van der Waals surface area (Å²) in [7, 11) is -2.94. The Bertz CT molecular complexity index is 589. The molecule has 3 N–H and O–H groups in total. The quantitative estimate of drug-likeness (QED) is 0.834. The Balaban J connectivity index is 2.04. The van der Waals surface area contributed by atoms with E-state index in [9.17, 15) is 13.2 Å². The maximum atomic E-state index is 12.0. The predicted molar refractivity (Wildman–Crippen MR) is 72.8 cm³/mol. The SMILES string of the molecule is Nc1cc(C(=O)NC2CCS(=O)(=O)CC2)c(Cl)cn1. The monoisotopic (exact) mass is 303 g/mol. The van der Waals surface area contributed by atoms with Gasteiger partial charge in [-0.05, 0) is 18.9 Å². The molecule has 104 valence electrons. The first-order chi connectivity index (χ1) is 8.87. The maximum absolute atomic E-state index is 12.0. The number of amides is 1. The fraction of sp³-hybridized carbons (Fsp3) is 0.455. The molecule has 1 aromatic heterocycles. The van der Waals surface area contributed by atoms with Gasteiger partial charge in [-0.25, -0.2) is 13.4 Å². The lowest BCUT2D eigenvalue weighted by Crippen LogP contribution is -2.41. The summed E-state index contributed by atoms with van der Waals surface area (Å²) in [5.74, 6) is 0.0538. The summed E-state index contributed by atoms with van der Waals surface area (Å²) < 4.78 is 22.6. The third-order valence-corrected chi connectivity index (χ3v) is 5.03. The van der Waals surface area contributed by atoms with Gasteiger partial charge in [-0.15, -0.1) is 0 Å². The number of nitrogens with zero attached hydrogens (tertiary/aromatic N) is 1. The second-order valence-corrected chi connectivity index (χ2v) is 7.20. The van der Waals surface area contributed by atoms with Gasteiger partial charge < -0.3 is 11.1 Å². The minimum Gasteiger partial charge on any atom is -0.384 e. The number of nitrogen functional groups attached to an aromatic ring is 1. The van der Waals surface area contributed by atoms with E-state index in [2.05, 4.69) is 10.3 Å². The van der Waals surface area contributed by atoms with Crippen LogP contribution >= 0.6 is 11.6 Å². The number of carbonyl (C=O) groups is 1. The fourth-order valence-corrected chi connectivity index (χ4v) is 3.61. The Labute approximate surface area is 116 Å². The van der Waals surface area contributed by atoms with Gasteiger partial charge in [0.25, 0.3) is 5.91 Å². The van der Waals surface area contributed by atoms with Crippen molar-refractivity contribution < 1.29 is 13.2 Å². The lowest BCUT2D eigenvalue weighted by atomic mass is 10.1. The number of hydrogen-bond acceptors (Lipinski definition) is 5. The molecular formula is C11H14ClN3O3S. The van der Waals surface area contributed by atoms with Crippen molar-refractivity contribution in [3.8, 4) is 0 Å². The van der Waals surface area contributed by atoms with E-state index in [1.807, 2.05) is 0 Å². The summed E-state index contributed by atoms with van der Waals surface area (Å²) in [5, 5.41) is 2.99. The Morgan fingerprint density at radius 1 is 1.42 bits per heavy atom. The highest BCUT2D eigenvalue weighted by atomic mass is 35.5. The molecule has 2 heterocycles. The molecule has 0 atom stereocenters. The molecule has 1 aliphatic heterocycles. The van der Waals surface area contributed by atoms with Crippen molar-refractivity contribution in [2.45, 2.75) is 18.9 Å². The van der Waals surface area contributed by atoms with Crippen LogP contribution in [0, 0.1) is 0 Å². The van der Waals surface area contributed by atoms with Gasteiger partial charge in [0.15, 0.2) is 0 Å². The van der Waals surface area contributed by atoms with Crippen molar-refractivity contribution in [2.75, 3.05) is 17.2 Å². The molecule has 19 heavy (non-hydrogen) atoms. The van der Waals surface area contributed by atoms with Gasteiger partial charge in [0, 0.05) is 12.2 Å². The van der Waals surface area contributed by atoms with Crippen LogP contribution in [0.1, 0.15) is 23.2 Å². The summed E-state index contributed by atoms with van der Waals surface area (Å²) in [4.78, 5) is 15.8. The summed E-state index contributed by atoms with van der Waals surface area (Å²) in [6, 6.07) is 1.25. The zero-order chi connectivity index (χ0) is 14.0. The van der Waals surface area contributed by atoms with Gasteiger partial charge in [-0.1, -0.05) is 11.6 Å². The minimum absolute atomic E-state index is 0.101. The smallest absolute Gasteiger partial charge is 0.253 e. The normalized spacial score (nSPS) is 19.0. The molecule has 0 saturated carbocycles. The zero-order valence-corrected chi connectivity index (χ0v) is 11.7. The van der Waals surface area contributed by atoms with Crippen LogP contribution in [0.4, 0.5) is 5.82 Å². The molecule has 2 rings (SSSR count). The van der Waals surface area contributed by atoms with Crippen LogP contribution in [-0.2, 0) is 9.84 Å². The molecule has 1 amide bonds. The molecule has 1 saturated heterocycles.